The highest BCUT2D eigenvalue weighted by atomic mass is 32.1. The minimum atomic E-state index is -0.767. The molecule has 1 aliphatic rings. The second kappa shape index (κ2) is 6.94. The van der Waals surface area contributed by atoms with Crippen molar-refractivity contribution in [2.75, 3.05) is 13.7 Å². The van der Waals surface area contributed by atoms with Gasteiger partial charge >= 0.3 is 17.8 Å². The monoisotopic (exact) mass is 343 g/mol. The van der Waals surface area contributed by atoms with Gasteiger partial charge in [-0.15, -0.1) is 11.3 Å². The summed E-state index contributed by atoms with van der Waals surface area (Å²) >= 11 is 1.45. The van der Waals surface area contributed by atoms with Gasteiger partial charge in [-0.05, 0) is 24.1 Å². The third-order valence-corrected chi connectivity index (χ3v) is 4.57. The molecule has 0 saturated carbocycles. The van der Waals surface area contributed by atoms with E-state index in [0.717, 1.165) is 20.2 Å². The smallest absolute Gasteiger partial charge is 0.284 e. The number of nitrogens with zero attached hydrogens (tertiary/aromatic N) is 3. The molecule has 0 unspecified atom stereocenters. The van der Waals surface area contributed by atoms with Crippen LogP contribution in [0, 0.1) is 0 Å². The summed E-state index contributed by atoms with van der Waals surface area (Å²) < 4.78 is 0. The molecule has 0 aliphatic carbocycles. The van der Waals surface area contributed by atoms with Crippen LogP contribution in [-0.2, 0) is 22.7 Å². The Balaban J connectivity index is 1.66. The van der Waals surface area contributed by atoms with E-state index in [1.54, 1.807) is 7.05 Å². The standard InChI is InChI=1S/C17H17N3O3S/c1-18(10-13-6-3-2-4-7-13)12-20-16(22)15(21)19(17(20)23)11-14-8-5-9-24-14/h2-9H,10-12H2,1H3. The lowest BCUT2D eigenvalue weighted by Crippen LogP contribution is -2.40. The molecule has 4 amide bonds. The number of hydrogen-bond donors (Lipinski definition) is 0. The first-order valence-corrected chi connectivity index (χ1v) is 8.36. The highest BCUT2D eigenvalue weighted by molar-refractivity contribution is 7.09. The van der Waals surface area contributed by atoms with Crippen LogP contribution in [0.4, 0.5) is 4.79 Å². The van der Waals surface area contributed by atoms with Gasteiger partial charge in [0.15, 0.2) is 0 Å². The van der Waals surface area contributed by atoms with Crippen molar-refractivity contribution in [1.82, 2.24) is 14.7 Å². The van der Waals surface area contributed by atoms with Crippen LogP contribution in [0.2, 0.25) is 0 Å². The van der Waals surface area contributed by atoms with Crippen molar-refractivity contribution >= 4 is 29.2 Å². The minimum absolute atomic E-state index is 0.0826. The van der Waals surface area contributed by atoms with Crippen molar-refractivity contribution < 1.29 is 14.4 Å². The van der Waals surface area contributed by atoms with Crippen molar-refractivity contribution in [1.29, 1.82) is 0 Å². The highest BCUT2D eigenvalue weighted by Crippen LogP contribution is 2.19. The van der Waals surface area contributed by atoms with E-state index in [0.29, 0.717) is 6.54 Å². The molecule has 3 rings (SSSR count). The van der Waals surface area contributed by atoms with Crippen molar-refractivity contribution in [3.63, 3.8) is 0 Å². The van der Waals surface area contributed by atoms with Crippen LogP contribution in [0.5, 0.6) is 0 Å². The van der Waals surface area contributed by atoms with E-state index in [4.69, 9.17) is 0 Å². The molecule has 1 aromatic heterocycles. The van der Waals surface area contributed by atoms with Gasteiger partial charge in [-0.1, -0.05) is 36.4 Å². The van der Waals surface area contributed by atoms with E-state index in [-0.39, 0.29) is 13.2 Å². The first kappa shape index (κ1) is 16.4. The number of carbonyl (C=O) groups is 3. The zero-order valence-electron chi connectivity index (χ0n) is 13.2. The Morgan fingerprint density at radius 1 is 0.958 bits per heavy atom. The molecule has 0 N–H and O–H groups in total. The molecule has 6 nitrogen and oxygen atoms in total. The summed E-state index contributed by atoms with van der Waals surface area (Å²) in [6.45, 7) is 0.802. The van der Waals surface area contributed by atoms with Crippen molar-refractivity contribution in [3.05, 3.63) is 58.3 Å². The molecule has 0 spiro atoms. The van der Waals surface area contributed by atoms with E-state index in [1.165, 1.54) is 11.3 Å². The Morgan fingerprint density at radius 2 is 1.67 bits per heavy atom. The molecule has 0 radical (unpaired) electrons. The molecular weight excluding hydrogens is 326 g/mol. The normalized spacial score (nSPS) is 15.0. The second-order valence-electron chi connectivity index (χ2n) is 5.63. The zero-order valence-corrected chi connectivity index (χ0v) is 14.0. The van der Waals surface area contributed by atoms with Crippen LogP contribution in [0.15, 0.2) is 47.8 Å². The first-order chi connectivity index (χ1) is 11.6. The Kier molecular flexibility index (Phi) is 4.73. The molecular formula is C17H17N3O3S. The number of carbonyl (C=O) groups excluding carboxylic acids is 3. The predicted octanol–water partition coefficient (Wildman–Crippen LogP) is 2.13. The maximum Gasteiger partial charge on any atom is 0.335 e. The van der Waals surface area contributed by atoms with E-state index >= 15 is 0 Å². The molecule has 2 aromatic rings. The summed E-state index contributed by atoms with van der Waals surface area (Å²) in [4.78, 5) is 41.3. The first-order valence-electron chi connectivity index (χ1n) is 7.48. The van der Waals surface area contributed by atoms with Gasteiger partial charge in [0.2, 0.25) is 0 Å². The summed E-state index contributed by atoms with van der Waals surface area (Å²) in [5.41, 5.74) is 1.07. The number of amides is 4. The minimum Gasteiger partial charge on any atom is -0.284 e. The van der Waals surface area contributed by atoms with Gasteiger partial charge in [-0.25, -0.2) is 9.69 Å². The van der Waals surface area contributed by atoms with Gasteiger partial charge in [0, 0.05) is 11.4 Å². The maximum atomic E-state index is 12.4. The third kappa shape index (κ3) is 3.37. The maximum absolute atomic E-state index is 12.4. The van der Waals surface area contributed by atoms with E-state index < -0.39 is 17.8 Å². The number of rotatable bonds is 6. The Bertz CT molecular complexity index is 746. The summed E-state index contributed by atoms with van der Waals surface area (Å²) in [6.07, 6.45) is 0. The number of benzene rings is 1. The van der Waals surface area contributed by atoms with Crippen LogP contribution >= 0.6 is 11.3 Å². The molecule has 1 fully saturated rings. The van der Waals surface area contributed by atoms with Gasteiger partial charge in [-0.3, -0.25) is 19.4 Å². The lowest BCUT2D eigenvalue weighted by molar-refractivity contribution is -0.144. The average Bonchev–Trinajstić information content (AvgIpc) is 3.15. The van der Waals surface area contributed by atoms with Gasteiger partial charge in [0.1, 0.15) is 0 Å². The molecule has 1 aliphatic heterocycles. The predicted molar refractivity (Wildman–Crippen MR) is 89.9 cm³/mol. The second-order valence-corrected chi connectivity index (χ2v) is 6.66. The van der Waals surface area contributed by atoms with Gasteiger partial charge in [0.25, 0.3) is 0 Å². The van der Waals surface area contributed by atoms with Crippen molar-refractivity contribution in [3.8, 4) is 0 Å². The third-order valence-electron chi connectivity index (χ3n) is 3.71. The molecule has 2 heterocycles. The van der Waals surface area contributed by atoms with E-state index in [1.807, 2.05) is 52.7 Å². The van der Waals surface area contributed by atoms with Gasteiger partial charge in [-0.2, -0.15) is 0 Å². The fourth-order valence-electron chi connectivity index (χ4n) is 2.56. The number of urea groups is 1. The largest absolute Gasteiger partial charge is 0.335 e. The quantitative estimate of drug-likeness (QED) is 0.595. The average molecular weight is 343 g/mol. The van der Waals surface area contributed by atoms with E-state index in [2.05, 4.69) is 0 Å². The lowest BCUT2D eigenvalue weighted by atomic mass is 10.2. The molecule has 0 bridgehead atoms. The molecule has 7 heteroatoms. The van der Waals surface area contributed by atoms with Crippen LogP contribution in [0.3, 0.4) is 0 Å². The summed E-state index contributed by atoms with van der Waals surface area (Å²) in [5.74, 6) is -1.53. The summed E-state index contributed by atoms with van der Waals surface area (Å²) in [5, 5.41) is 1.87. The van der Waals surface area contributed by atoms with Crippen molar-refractivity contribution in [2.45, 2.75) is 13.1 Å². The molecule has 124 valence electrons. The number of thiophene rings is 1. The summed E-state index contributed by atoms with van der Waals surface area (Å²) in [6, 6.07) is 12.9. The molecule has 1 saturated heterocycles. The van der Waals surface area contributed by atoms with Crippen molar-refractivity contribution in [2.24, 2.45) is 0 Å². The topological polar surface area (TPSA) is 60.9 Å². The summed E-state index contributed by atoms with van der Waals surface area (Å²) in [7, 11) is 1.81. The zero-order chi connectivity index (χ0) is 17.1. The molecule has 1 aromatic carbocycles. The van der Waals surface area contributed by atoms with E-state index in [9.17, 15) is 14.4 Å². The number of hydrogen-bond acceptors (Lipinski definition) is 5. The van der Waals surface area contributed by atoms with Crippen LogP contribution in [0.1, 0.15) is 10.4 Å². The van der Waals surface area contributed by atoms with Crippen LogP contribution in [-0.4, -0.2) is 46.3 Å². The fraction of sp³-hybridized carbons (Fsp3) is 0.235. The van der Waals surface area contributed by atoms with Gasteiger partial charge < -0.3 is 0 Å². The SMILES string of the molecule is CN(Cc1ccccc1)CN1C(=O)C(=O)N(Cc2cccs2)C1=O. The Morgan fingerprint density at radius 3 is 2.33 bits per heavy atom. The number of imide groups is 2. The Labute approximate surface area is 143 Å². The molecule has 0 atom stereocenters. The van der Waals surface area contributed by atoms with Crippen LogP contribution in [0.25, 0.3) is 0 Å². The van der Waals surface area contributed by atoms with Crippen LogP contribution < -0.4 is 0 Å². The Hall–Kier alpha value is -2.51. The molecule has 24 heavy (non-hydrogen) atoms. The van der Waals surface area contributed by atoms with Gasteiger partial charge in [0.05, 0.1) is 13.2 Å². The lowest BCUT2D eigenvalue weighted by Gasteiger charge is -2.22. The highest BCUT2D eigenvalue weighted by Gasteiger charge is 2.44. The fourth-order valence-corrected chi connectivity index (χ4v) is 3.25.